The Morgan fingerprint density at radius 3 is 2.53 bits per heavy atom. The molecule has 0 saturated carbocycles. The number of hydrogen-bond donors (Lipinski definition) is 1. The summed E-state index contributed by atoms with van der Waals surface area (Å²) >= 11 is 3.16. The van der Waals surface area contributed by atoms with Crippen molar-refractivity contribution in [3.63, 3.8) is 0 Å². The maximum atomic E-state index is 13.9. The van der Waals surface area contributed by atoms with Crippen LogP contribution in [0.2, 0.25) is 0 Å². The zero-order chi connectivity index (χ0) is 13.2. The van der Waals surface area contributed by atoms with Gasteiger partial charge in [0.1, 0.15) is 5.82 Å². The van der Waals surface area contributed by atoms with Crippen LogP contribution in [0.4, 0.5) is 4.39 Å². The summed E-state index contributed by atoms with van der Waals surface area (Å²) in [6.07, 6.45) is 0.972. The molecule has 0 bridgehead atoms. The van der Waals surface area contributed by atoms with Crippen molar-refractivity contribution in [2.24, 2.45) is 5.41 Å². The van der Waals surface area contributed by atoms with E-state index in [0.29, 0.717) is 10.0 Å². The third-order valence-corrected chi connectivity index (χ3v) is 3.36. The quantitative estimate of drug-likeness (QED) is 0.918. The minimum absolute atomic E-state index is 0.181. The number of halogens is 2. The molecule has 1 N–H and O–H groups in total. The fourth-order valence-electron chi connectivity index (χ4n) is 1.59. The summed E-state index contributed by atoms with van der Waals surface area (Å²) in [4.78, 5) is 11.0. The Morgan fingerprint density at radius 2 is 2.06 bits per heavy atom. The molecule has 17 heavy (non-hydrogen) atoms. The average molecular weight is 303 g/mol. The van der Waals surface area contributed by atoms with Gasteiger partial charge in [-0.2, -0.15) is 0 Å². The topological polar surface area (TPSA) is 37.3 Å². The zero-order valence-corrected chi connectivity index (χ0v) is 11.8. The number of aliphatic carboxylic acids is 1. The Bertz CT molecular complexity index is 441. The summed E-state index contributed by atoms with van der Waals surface area (Å²) in [5.41, 5.74) is 0.477. The molecule has 0 fully saturated rings. The Labute approximate surface area is 109 Å². The van der Waals surface area contributed by atoms with Crippen LogP contribution < -0.4 is 0 Å². The van der Waals surface area contributed by atoms with Gasteiger partial charge in [0, 0.05) is 0 Å². The van der Waals surface area contributed by atoms with Crippen molar-refractivity contribution in [1.82, 2.24) is 0 Å². The number of carbonyl (C=O) groups is 1. The molecule has 0 aliphatic carbocycles. The van der Waals surface area contributed by atoms with Gasteiger partial charge in [0.2, 0.25) is 0 Å². The largest absolute Gasteiger partial charge is 0.481 e. The van der Waals surface area contributed by atoms with E-state index in [9.17, 15) is 9.18 Å². The lowest BCUT2D eigenvalue weighted by atomic mass is 9.85. The van der Waals surface area contributed by atoms with E-state index < -0.39 is 11.4 Å². The summed E-state index contributed by atoms with van der Waals surface area (Å²) in [6.45, 7) is 5.17. The van der Waals surface area contributed by atoms with Crippen LogP contribution in [0.25, 0.3) is 0 Å². The number of benzene rings is 1. The molecular weight excluding hydrogens is 287 g/mol. The number of hydrogen-bond acceptors (Lipinski definition) is 1. The standard InChI is InChI=1S/C13H16BrFO2/c1-4-8-5-9(11(15)10(14)6-8)7-13(2,3)12(16)17/h5-6H,4,7H2,1-3H3,(H,16,17). The van der Waals surface area contributed by atoms with E-state index in [1.54, 1.807) is 26.0 Å². The maximum absolute atomic E-state index is 13.9. The van der Waals surface area contributed by atoms with Crippen LogP contribution in [0.1, 0.15) is 31.9 Å². The Kier molecular flexibility index (Phi) is 4.31. The van der Waals surface area contributed by atoms with Gasteiger partial charge in [0.05, 0.1) is 9.89 Å². The van der Waals surface area contributed by atoms with E-state index >= 15 is 0 Å². The van der Waals surface area contributed by atoms with Crippen molar-refractivity contribution < 1.29 is 14.3 Å². The molecule has 2 nitrogen and oxygen atoms in total. The first-order valence-electron chi connectivity index (χ1n) is 5.48. The Balaban J connectivity index is 3.14. The van der Waals surface area contributed by atoms with Gasteiger partial charge in [-0.05, 0) is 59.8 Å². The molecule has 0 aliphatic heterocycles. The molecule has 94 valence electrons. The van der Waals surface area contributed by atoms with Crippen LogP contribution in [-0.4, -0.2) is 11.1 Å². The molecule has 0 radical (unpaired) electrons. The molecule has 1 rings (SSSR count). The Morgan fingerprint density at radius 1 is 1.47 bits per heavy atom. The van der Waals surface area contributed by atoms with Crippen molar-refractivity contribution >= 4 is 21.9 Å². The van der Waals surface area contributed by atoms with Crippen molar-refractivity contribution in [3.05, 3.63) is 33.5 Å². The normalized spacial score (nSPS) is 11.6. The van der Waals surface area contributed by atoms with Crippen LogP contribution in [-0.2, 0) is 17.6 Å². The van der Waals surface area contributed by atoms with E-state index in [0.717, 1.165) is 12.0 Å². The SMILES string of the molecule is CCc1cc(Br)c(F)c(CC(C)(C)C(=O)O)c1. The van der Waals surface area contributed by atoms with Crippen LogP contribution >= 0.6 is 15.9 Å². The summed E-state index contributed by atoms with van der Waals surface area (Å²) < 4.78 is 14.3. The van der Waals surface area contributed by atoms with Gasteiger partial charge in [-0.25, -0.2) is 4.39 Å². The first-order valence-corrected chi connectivity index (χ1v) is 6.27. The number of aryl methyl sites for hydroxylation is 1. The molecule has 1 aromatic rings. The van der Waals surface area contributed by atoms with Crippen molar-refractivity contribution in [2.45, 2.75) is 33.6 Å². The lowest BCUT2D eigenvalue weighted by molar-refractivity contribution is -0.146. The molecular formula is C13H16BrFO2. The summed E-state index contributed by atoms with van der Waals surface area (Å²) in [5.74, 6) is -1.29. The second-order valence-corrected chi connectivity index (χ2v) is 5.62. The second kappa shape index (κ2) is 5.17. The monoisotopic (exact) mass is 302 g/mol. The van der Waals surface area contributed by atoms with Crippen LogP contribution in [0.15, 0.2) is 16.6 Å². The summed E-state index contributed by atoms with van der Waals surface area (Å²) in [6, 6.07) is 3.47. The first-order chi connectivity index (χ1) is 7.77. The fraction of sp³-hybridized carbons (Fsp3) is 0.462. The highest BCUT2D eigenvalue weighted by atomic mass is 79.9. The smallest absolute Gasteiger partial charge is 0.309 e. The van der Waals surface area contributed by atoms with E-state index in [1.165, 1.54) is 0 Å². The molecule has 0 spiro atoms. The third kappa shape index (κ3) is 3.28. The fourth-order valence-corrected chi connectivity index (χ4v) is 2.14. The molecule has 0 aliphatic rings. The van der Waals surface area contributed by atoms with E-state index in [-0.39, 0.29) is 12.2 Å². The number of carboxylic acids is 1. The summed E-state index contributed by atoms with van der Waals surface area (Å²) in [7, 11) is 0. The average Bonchev–Trinajstić information content (AvgIpc) is 2.23. The Hall–Kier alpha value is -0.900. The van der Waals surface area contributed by atoms with Crippen LogP contribution in [0.3, 0.4) is 0 Å². The van der Waals surface area contributed by atoms with Gasteiger partial charge in [-0.3, -0.25) is 4.79 Å². The van der Waals surface area contributed by atoms with Gasteiger partial charge in [0.25, 0.3) is 0 Å². The number of rotatable bonds is 4. The molecule has 0 unspecified atom stereocenters. The van der Waals surface area contributed by atoms with Gasteiger partial charge in [-0.15, -0.1) is 0 Å². The van der Waals surface area contributed by atoms with E-state index in [2.05, 4.69) is 15.9 Å². The van der Waals surface area contributed by atoms with Crippen LogP contribution in [0, 0.1) is 11.2 Å². The highest BCUT2D eigenvalue weighted by Crippen LogP contribution is 2.28. The highest BCUT2D eigenvalue weighted by Gasteiger charge is 2.29. The minimum Gasteiger partial charge on any atom is -0.481 e. The lowest BCUT2D eigenvalue weighted by Crippen LogP contribution is -2.26. The first kappa shape index (κ1) is 14.2. The van der Waals surface area contributed by atoms with Crippen molar-refractivity contribution in [1.29, 1.82) is 0 Å². The summed E-state index contributed by atoms with van der Waals surface area (Å²) in [5, 5.41) is 9.06. The minimum atomic E-state index is -0.966. The van der Waals surface area contributed by atoms with Gasteiger partial charge in [0.15, 0.2) is 0 Å². The van der Waals surface area contributed by atoms with Crippen molar-refractivity contribution in [2.75, 3.05) is 0 Å². The van der Waals surface area contributed by atoms with Gasteiger partial charge in [-0.1, -0.05) is 13.0 Å². The maximum Gasteiger partial charge on any atom is 0.309 e. The molecule has 0 saturated heterocycles. The van der Waals surface area contributed by atoms with Crippen molar-refractivity contribution in [3.8, 4) is 0 Å². The highest BCUT2D eigenvalue weighted by molar-refractivity contribution is 9.10. The van der Waals surface area contributed by atoms with Gasteiger partial charge >= 0.3 is 5.97 Å². The molecule has 1 aromatic carbocycles. The predicted octanol–water partition coefficient (Wildman–Crippen LogP) is 3.80. The lowest BCUT2D eigenvalue weighted by Gasteiger charge is -2.20. The molecule has 0 atom stereocenters. The van der Waals surface area contributed by atoms with Gasteiger partial charge < -0.3 is 5.11 Å². The zero-order valence-electron chi connectivity index (χ0n) is 10.2. The second-order valence-electron chi connectivity index (χ2n) is 4.77. The third-order valence-electron chi connectivity index (χ3n) is 2.78. The molecule has 0 aromatic heterocycles. The van der Waals surface area contributed by atoms with Crippen LogP contribution in [0.5, 0.6) is 0 Å². The molecule has 0 heterocycles. The number of carboxylic acid groups (broad SMARTS) is 1. The van der Waals surface area contributed by atoms with E-state index in [1.807, 2.05) is 6.92 Å². The predicted molar refractivity (Wildman–Crippen MR) is 68.6 cm³/mol. The van der Waals surface area contributed by atoms with E-state index in [4.69, 9.17) is 5.11 Å². The molecule has 4 heteroatoms. The molecule has 0 amide bonds.